The maximum atomic E-state index is 11.5. The fourth-order valence-corrected chi connectivity index (χ4v) is 2.78. The van der Waals surface area contributed by atoms with Gasteiger partial charge in [0.1, 0.15) is 0 Å². The van der Waals surface area contributed by atoms with Gasteiger partial charge < -0.3 is 0 Å². The zero-order valence-corrected chi connectivity index (χ0v) is 11.6. The van der Waals surface area contributed by atoms with E-state index in [1.807, 2.05) is 12.1 Å². The minimum absolute atomic E-state index is 0.230. The predicted molar refractivity (Wildman–Crippen MR) is 76.4 cm³/mol. The van der Waals surface area contributed by atoms with Crippen molar-refractivity contribution in [3.8, 4) is 0 Å². The first-order chi connectivity index (χ1) is 9.22. The highest BCUT2D eigenvalue weighted by Crippen LogP contribution is 2.21. The molecule has 1 heterocycles. The van der Waals surface area contributed by atoms with Crippen molar-refractivity contribution < 1.29 is 4.79 Å². The second-order valence-electron chi connectivity index (χ2n) is 5.33. The molecule has 1 unspecified atom stereocenters. The number of rotatable bonds is 4. The maximum Gasteiger partial charge on any atom is 0.265 e. The van der Waals surface area contributed by atoms with Gasteiger partial charge in [0, 0.05) is 18.7 Å². The first kappa shape index (κ1) is 14.0. The standard InChI is InChI=1S/C15H23N3O/c1-2-12-6-4-8-18(10-12)11-13-5-3-7-14(9-13)15(19)17-16/h3,5,7,9,12H,2,4,6,8,10-11,16H2,1H3,(H,17,19). The molecule has 1 fully saturated rings. The van der Waals surface area contributed by atoms with Crippen molar-refractivity contribution in [2.24, 2.45) is 11.8 Å². The summed E-state index contributed by atoms with van der Waals surface area (Å²) in [4.78, 5) is 14.0. The lowest BCUT2D eigenvalue weighted by Gasteiger charge is -2.32. The largest absolute Gasteiger partial charge is 0.299 e. The number of carbonyl (C=O) groups excluding carboxylic acids is 1. The molecule has 0 bridgehead atoms. The fourth-order valence-electron chi connectivity index (χ4n) is 2.78. The zero-order chi connectivity index (χ0) is 13.7. The van der Waals surface area contributed by atoms with Crippen LogP contribution in [0.3, 0.4) is 0 Å². The van der Waals surface area contributed by atoms with E-state index < -0.39 is 0 Å². The summed E-state index contributed by atoms with van der Waals surface area (Å²) in [6.07, 6.45) is 3.89. The van der Waals surface area contributed by atoms with Gasteiger partial charge in [0.25, 0.3) is 5.91 Å². The number of hydrazine groups is 1. The van der Waals surface area contributed by atoms with Crippen LogP contribution in [0.25, 0.3) is 0 Å². The van der Waals surface area contributed by atoms with E-state index in [2.05, 4.69) is 23.3 Å². The van der Waals surface area contributed by atoms with Gasteiger partial charge in [-0.25, -0.2) is 5.84 Å². The molecule has 104 valence electrons. The van der Waals surface area contributed by atoms with E-state index >= 15 is 0 Å². The van der Waals surface area contributed by atoms with Crippen LogP contribution in [0.1, 0.15) is 42.1 Å². The lowest BCUT2D eigenvalue weighted by molar-refractivity contribution is 0.0953. The van der Waals surface area contributed by atoms with Crippen LogP contribution in [0.2, 0.25) is 0 Å². The number of benzene rings is 1. The monoisotopic (exact) mass is 261 g/mol. The number of nitrogens with zero attached hydrogens (tertiary/aromatic N) is 1. The summed E-state index contributed by atoms with van der Waals surface area (Å²) in [5.41, 5.74) is 3.98. The summed E-state index contributed by atoms with van der Waals surface area (Å²) < 4.78 is 0. The Bertz CT molecular complexity index is 433. The van der Waals surface area contributed by atoms with E-state index in [1.54, 1.807) is 6.07 Å². The van der Waals surface area contributed by atoms with Gasteiger partial charge in [-0.3, -0.25) is 15.1 Å². The van der Waals surface area contributed by atoms with Crippen molar-refractivity contribution in [3.63, 3.8) is 0 Å². The molecule has 1 saturated heterocycles. The lowest BCUT2D eigenvalue weighted by Crippen LogP contribution is -2.34. The third-order valence-electron chi connectivity index (χ3n) is 3.91. The summed E-state index contributed by atoms with van der Waals surface area (Å²) in [7, 11) is 0. The molecule has 4 heteroatoms. The van der Waals surface area contributed by atoms with Crippen LogP contribution in [0.15, 0.2) is 24.3 Å². The molecule has 1 aliphatic heterocycles. The second-order valence-corrected chi connectivity index (χ2v) is 5.33. The minimum Gasteiger partial charge on any atom is -0.299 e. The van der Waals surface area contributed by atoms with Crippen molar-refractivity contribution in [2.75, 3.05) is 13.1 Å². The van der Waals surface area contributed by atoms with Gasteiger partial charge in [-0.1, -0.05) is 25.5 Å². The number of nitrogens with two attached hydrogens (primary N) is 1. The Labute approximate surface area is 114 Å². The predicted octanol–water partition coefficient (Wildman–Crippen LogP) is 1.91. The van der Waals surface area contributed by atoms with Gasteiger partial charge in [0.2, 0.25) is 0 Å². The number of carbonyl (C=O) groups is 1. The highest BCUT2D eigenvalue weighted by molar-refractivity contribution is 5.93. The number of hydrogen-bond acceptors (Lipinski definition) is 3. The molecule has 0 saturated carbocycles. The molecule has 2 rings (SSSR count). The molecule has 3 N–H and O–H groups in total. The number of likely N-dealkylation sites (tertiary alicyclic amines) is 1. The van der Waals surface area contributed by atoms with Gasteiger partial charge in [0.05, 0.1) is 0 Å². The molecule has 0 spiro atoms. The van der Waals surface area contributed by atoms with Crippen molar-refractivity contribution >= 4 is 5.91 Å². The molecule has 0 radical (unpaired) electrons. The van der Waals surface area contributed by atoms with Crippen molar-refractivity contribution in [3.05, 3.63) is 35.4 Å². The smallest absolute Gasteiger partial charge is 0.265 e. The van der Waals surface area contributed by atoms with Crippen LogP contribution >= 0.6 is 0 Å². The molecule has 19 heavy (non-hydrogen) atoms. The fraction of sp³-hybridized carbons (Fsp3) is 0.533. The molecule has 0 aliphatic carbocycles. The van der Waals surface area contributed by atoms with Crippen molar-refractivity contribution in [1.29, 1.82) is 0 Å². The quantitative estimate of drug-likeness (QED) is 0.494. The Morgan fingerprint density at radius 1 is 1.53 bits per heavy atom. The van der Waals surface area contributed by atoms with Crippen LogP contribution in [0.4, 0.5) is 0 Å². The summed E-state index contributed by atoms with van der Waals surface area (Å²) in [6, 6.07) is 7.71. The number of nitrogens with one attached hydrogen (secondary N) is 1. The normalized spacial score (nSPS) is 20.2. The zero-order valence-electron chi connectivity index (χ0n) is 11.6. The Morgan fingerprint density at radius 2 is 2.37 bits per heavy atom. The number of hydrogen-bond donors (Lipinski definition) is 2. The van der Waals surface area contributed by atoms with Crippen LogP contribution < -0.4 is 11.3 Å². The first-order valence-corrected chi connectivity index (χ1v) is 7.05. The number of piperidine rings is 1. The van der Waals surface area contributed by atoms with Crippen LogP contribution in [-0.2, 0) is 6.54 Å². The first-order valence-electron chi connectivity index (χ1n) is 7.05. The van der Waals surface area contributed by atoms with Crippen LogP contribution in [0, 0.1) is 5.92 Å². The summed E-state index contributed by atoms with van der Waals surface area (Å²) in [5.74, 6) is 5.76. The highest BCUT2D eigenvalue weighted by atomic mass is 16.2. The van der Waals surface area contributed by atoms with E-state index in [4.69, 9.17) is 5.84 Å². The SMILES string of the molecule is CCC1CCCN(Cc2cccc(C(=O)NN)c2)C1. The molecule has 1 aromatic rings. The van der Waals surface area contributed by atoms with E-state index in [9.17, 15) is 4.79 Å². The van der Waals surface area contributed by atoms with E-state index in [-0.39, 0.29) is 5.91 Å². The van der Waals surface area contributed by atoms with Crippen LogP contribution in [0.5, 0.6) is 0 Å². The van der Waals surface area contributed by atoms with Gasteiger partial charge in [0.15, 0.2) is 0 Å². The minimum atomic E-state index is -0.230. The molecule has 0 aromatic heterocycles. The summed E-state index contributed by atoms with van der Waals surface area (Å²) >= 11 is 0. The average molecular weight is 261 g/mol. The third-order valence-corrected chi connectivity index (χ3v) is 3.91. The van der Waals surface area contributed by atoms with Gasteiger partial charge >= 0.3 is 0 Å². The van der Waals surface area contributed by atoms with Gasteiger partial charge in [-0.15, -0.1) is 0 Å². The molecule has 1 atom stereocenters. The van der Waals surface area contributed by atoms with E-state index in [0.717, 1.165) is 19.0 Å². The summed E-state index contributed by atoms with van der Waals surface area (Å²) in [5, 5.41) is 0. The van der Waals surface area contributed by atoms with Crippen molar-refractivity contribution in [2.45, 2.75) is 32.7 Å². The Kier molecular flexibility index (Phi) is 4.93. The second kappa shape index (κ2) is 6.68. The van der Waals surface area contributed by atoms with E-state index in [0.29, 0.717) is 5.56 Å². The lowest BCUT2D eigenvalue weighted by atomic mass is 9.95. The molecule has 1 amide bonds. The number of amides is 1. The molecule has 1 aromatic carbocycles. The number of nitrogen functional groups attached to an aromatic ring is 1. The van der Waals surface area contributed by atoms with Crippen LogP contribution in [-0.4, -0.2) is 23.9 Å². The third kappa shape index (κ3) is 3.78. The molecular weight excluding hydrogens is 238 g/mol. The molecular formula is C15H23N3O. The topological polar surface area (TPSA) is 58.4 Å². The highest BCUT2D eigenvalue weighted by Gasteiger charge is 2.18. The Hall–Kier alpha value is -1.39. The molecule has 4 nitrogen and oxygen atoms in total. The van der Waals surface area contributed by atoms with E-state index in [1.165, 1.54) is 31.4 Å². The summed E-state index contributed by atoms with van der Waals surface area (Å²) in [6.45, 7) is 5.51. The maximum absolute atomic E-state index is 11.5. The van der Waals surface area contributed by atoms with Crippen molar-refractivity contribution in [1.82, 2.24) is 10.3 Å². The van der Waals surface area contributed by atoms with Gasteiger partial charge in [-0.05, 0) is 43.0 Å². The molecule has 1 aliphatic rings. The Balaban J connectivity index is 2.00. The Morgan fingerprint density at radius 3 is 3.11 bits per heavy atom. The van der Waals surface area contributed by atoms with Gasteiger partial charge in [-0.2, -0.15) is 0 Å². The average Bonchev–Trinajstić information content (AvgIpc) is 2.47.